The summed E-state index contributed by atoms with van der Waals surface area (Å²) in [7, 11) is 0. The molecule has 0 radical (unpaired) electrons. The van der Waals surface area contributed by atoms with Gasteiger partial charge in [0.25, 0.3) is 5.91 Å². The van der Waals surface area contributed by atoms with Gasteiger partial charge in [-0.25, -0.2) is 4.39 Å². The van der Waals surface area contributed by atoms with Crippen molar-refractivity contribution in [3.63, 3.8) is 0 Å². The smallest absolute Gasteiger partial charge is 0.253 e. The maximum atomic E-state index is 13.8. The molecule has 1 aliphatic rings. The van der Waals surface area contributed by atoms with E-state index in [4.69, 9.17) is 0 Å². The third kappa shape index (κ3) is 3.24. The Labute approximate surface area is 144 Å². The Morgan fingerprint density at radius 3 is 2.96 bits per heavy atom. The van der Waals surface area contributed by atoms with Crippen LogP contribution in [0.3, 0.4) is 0 Å². The van der Waals surface area contributed by atoms with Crippen molar-refractivity contribution < 1.29 is 9.18 Å². The number of aromatic nitrogens is 3. The predicted octanol–water partition coefficient (Wildman–Crippen LogP) is 3.62. The molecule has 0 bridgehead atoms. The zero-order valence-corrected chi connectivity index (χ0v) is 13.8. The monoisotopic (exact) mass is 338 g/mol. The Balaban J connectivity index is 1.49. The summed E-state index contributed by atoms with van der Waals surface area (Å²) < 4.78 is 15.8. The molecule has 2 heterocycles. The first-order valence-electron chi connectivity index (χ1n) is 8.57. The summed E-state index contributed by atoms with van der Waals surface area (Å²) in [6.45, 7) is 0.309. The molecule has 0 atom stereocenters. The van der Waals surface area contributed by atoms with Gasteiger partial charge in [-0.15, -0.1) is 0 Å². The van der Waals surface area contributed by atoms with Gasteiger partial charge in [-0.3, -0.25) is 14.5 Å². The Hall–Kier alpha value is -2.76. The van der Waals surface area contributed by atoms with E-state index in [1.165, 1.54) is 25.0 Å². The number of fused-ring (bicyclic) bond motifs is 1. The topological polar surface area (TPSA) is 59.8 Å². The van der Waals surface area contributed by atoms with Crippen LogP contribution in [0.2, 0.25) is 0 Å². The summed E-state index contributed by atoms with van der Waals surface area (Å²) in [5.41, 5.74) is 1.54. The number of hydrogen-bond donors (Lipinski definition) is 1. The van der Waals surface area contributed by atoms with E-state index in [0.29, 0.717) is 23.5 Å². The van der Waals surface area contributed by atoms with Gasteiger partial charge in [0.15, 0.2) is 0 Å². The molecule has 5 nitrogen and oxygen atoms in total. The van der Waals surface area contributed by atoms with Crippen LogP contribution in [0.1, 0.15) is 47.8 Å². The van der Waals surface area contributed by atoms with Crippen LogP contribution < -0.4 is 5.32 Å². The largest absolute Gasteiger partial charge is 0.346 e. The van der Waals surface area contributed by atoms with Crippen molar-refractivity contribution in [2.75, 3.05) is 0 Å². The van der Waals surface area contributed by atoms with Gasteiger partial charge in [0.1, 0.15) is 5.82 Å². The minimum absolute atomic E-state index is 0.242. The number of carbonyl (C=O) groups is 1. The third-order valence-corrected chi connectivity index (χ3v) is 4.71. The van der Waals surface area contributed by atoms with Gasteiger partial charge in [0, 0.05) is 17.8 Å². The molecule has 1 aliphatic carbocycles. The highest BCUT2D eigenvalue weighted by Gasteiger charge is 2.18. The van der Waals surface area contributed by atoms with Gasteiger partial charge >= 0.3 is 0 Å². The van der Waals surface area contributed by atoms with Gasteiger partial charge < -0.3 is 5.32 Å². The highest BCUT2D eigenvalue weighted by molar-refractivity contribution is 6.05. The fourth-order valence-electron chi connectivity index (χ4n) is 3.44. The molecular formula is C19H19FN4O. The quantitative estimate of drug-likeness (QED) is 0.790. The van der Waals surface area contributed by atoms with Crippen LogP contribution in [-0.2, 0) is 6.54 Å². The first kappa shape index (κ1) is 15.7. The fourth-order valence-corrected chi connectivity index (χ4v) is 3.44. The molecule has 1 aromatic carbocycles. The summed E-state index contributed by atoms with van der Waals surface area (Å²) in [6, 6.07) is 8.45. The van der Waals surface area contributed by atoms with E-state index in [1.807, 2.05) is 16.9 Å². The average molecular weight is 338 g/mol. The Kier molecular flexibility index (Phi) is 4.17. The summed E-state index contributed by atoms with van der Waals surface area (Å²) in [5, 5.41) is 7.98. The van der Waals surface area contributed by atoms with E-state index in [9.17, 15) is 9.18 Å². The molecule has 25 heavy (non-hydrogen) atoms. The van der Waals surface area contributed by atoms with Gasteiger partial charge in [-0.2, -0.15) is 5.10 Å². The molecule has 1 N–H and O–H groups in total. The second kappa shape index (κ2) is 6.63. The number of rotatable bonds is 4. The molecule has 1 fully saturated rings. The van der Waals surface area contributed by atoms with Crippen molar-refractivity contribution >= 4 is 16.8 Å². The zero-order valence-electron chi connectivity index (χ0n) is 13.8. The van der Waals surface area contributed by atoms with Crippen LogP contribution in [0, 0.1) is 5.82 Å². The summed E-state index contributed by atoms with van der Waals surface area (Å²) in [5.74, 6) is -0.797. The molecule has 6 heteroatoms. The fraction of sp³-hybridized carbons (Fsp3) is 0.316. The summed E-state index contributed by atoms with van der Waals surface area (Å²) in [6.07, 6.45) is 8.38. The van der Waals surface area contributed by atoms with Crippen molar-refractivity contribution in [3.05, 3.63) is 59.8 Å². The molecule has 128 valence electrons. The standard InChI is InChI=1S/C19H19FN4O/c20-14-10-13-4-3-8-21-18(13)17(11-14)19(25)22-12-15-7-9-24(23-15)16-5-1-2-6-16/h3-4,7-11,16H,1-2,5-6,12H2,(H,22,25). The Morgan fingerprint density at radius 2 is 2.12 bits per heavy atom. The van der Waals surface area contributed by atoms with Crippen LogP contribution in [-0.4, -0.2) is 20.7 Å². The van der Waals surface area contributed by atoms with Crippen LogP contribution >= 0.6 is 0 Å². The van der Waals surface area contributed by atoms with E-state index in [-0.39, 0.29) is 11.5 Å². The Morgan fingerprint density at radius 1 is 1.28 bits per heavy atom. The number of carbonyl (C=O) groups excluding carboxylic acids is 1. The first-order valence-corrected chi connectivity index (χ1v) is 8.57. The van der Waals surface area contributed by atoms with Crippen LogP contribution in [0.15, 0.2) is 42.7 Å². The van der Waals surface area contributed by atoms with Crippen molar-refractivity contribution in [1.29, 1.82) is 0 Å². The second-order valence-corrected chi connectivity index (χ2v) is 6.44. The molecule has 0 spiro atoms. The number of hydrogen-bond acceptors (Lipinski definition) is 3. The predicted molar refractivity (Wildman–Crippen MR) is 92.6 cm³/mol. The van der Waals surface area contributed by atoms with E-state index in [0.717, 1.165) is 18.5 Å². The normalized spacial score (nSPS) is 14.9. The average Bonchev–Trinajstić information content (AvgIpc) is 3.30. The van der Waals surface area contributed by atoms with Gasteiger partial charge in [-0.05, 0) is 37.1 Å². The molecular weight excluding hydrogens is 319 g/mol. The lowest BCUT2D eigenvalue weighted by atomic mass is 10.1. The molecule has 1 saturated carbocycles. The minimum atomic E-state index is -0.448. The molecule has 3 aromatic rings. The van der Waals surface area contributed by atoms with Crippen LogP contribution in [0.5, 0.6) is 0 Å². The molecule has 1 amide bonds. The molecule has 0 saturated heterocycles. The van der Waals surface area contributed by atoms with E-state index >= 15 is 0 Å². The Bertz CT molecular complexity index is 915. The highest BCUT2D eigenvalue weighted by atomic mass is 19.1. The SMILES string of the molecule is O=C(NCc1ccn(C2CCCC2)n1)c1cc(F)cc2cccnc12. The second-order valence-electron chi connectivity index (χ2n) is 6.44. The lowest BCUT2D eigenvalue weighted by molar-refractivity contribution is 0.0951. The molecule has 2 aromatic heterocycles. The third-order valence-electron chi connectivity index (χ3n) is 4.71. The van der Waals surface area contributed by atoms with Crippen LogP contribution in [0.25, 0.3) is 10.9 Å². The number of amides is 1. The number of pyridine rings is 1. The van der Waals surface area contributed by atoms with Crippen molar-refractivity contribution in [1.82, 2.24) is 20.1 Å². The lowest BCUT2D eigenvalue weighted by Gasteiger charge is -2.09. The number of nitrogens with zero attached hydrogens (tertiary/aromatic N) is 3. The first-order chi connectivity index (χ1) is 12.2. The number of halogens is 1. The minimum Gasteiger partial charge on any atom is -0.346 e. The maximum Gasteiger partial charge on any atom is 0.253 e. The van der Waals surface area contributed by atoms with E-state index in [1.54, 1.807) is 18.3 Å². The van der Waals surface area contributed by atoms with Gasteiger partial charge in [0.05, 0.1) is 29.4 Å². The highest BCUT2D eigenvalue weighted by Crippen LogP contribution is 2.28. The summed E-state index contributed by atoms with van der Waals surface area (Å²) >= 11 is 0. The van der Waals surface area contributed by atoms with E-state index < -0.39 is 5.82 Å². The summed E-state index contributed by atoms with van der Waals surface area (Å²) in [4.78, 5) is 16.7. The molecule has 0 aliphatic heterocycles. The molecule has 4 rings (SSSR count). The number of benzene rings is 1. The maximum absolute atomic E-state index is 13.8. The van der Waals surface area contributed by atoms with E-state index in [2.05, 4.69) is 15.4 Å². The van der Waals surface area contributed by atoms with Crippen molar-refractivity contribution in [2.45, 2.75) is 38.3 Å². The van der Waals surface area contributed by atoms with Gasteiger partial charge in [0.2, 0.25) is 0 Å². The van der Waals surface area contributed by atoms with Crippen molar-refractivity contribution in [3.8, 4) is 0 Å². The van der Waals surface area contributed by atoms with Crippen molar-refractivity contribution in [2.24, 2.45) is 0 Å². The zero-order chi connectivity index (χ0) is 17.2. The lowest BCUT2D eigenvalue weighted by Crippen LogP contribution is -2.24. The van der Waals surface area contributed by atoms with Gasteiger partial charge in [-0.1, -0.05) is 18.9 Å². The molecule has 0 unspecified atom stereocenters. The number of nitrogens with one attached hydrogen (secondary N) is 1. The van der Waals surface area contributed by atoms with Crippen LogP contribution in [0.4, 0.5) is 4.39 Å².